The van der Waals surface area contributed by atoms with Crippen LogP contribution in [0.4, 0.5) is 9.59 Å². The molecule has 1 heterocycles. The summed E-state index contributed by atoms with van der Waals surface area (Å²) >= 11 is 0. The lowest BCUT2D eigenvalue weighted by Gasteiger charge is -2.37. The maximum atomic E-state index is 13.2. The summed E-state index contributed by atoms with van der Waals surface area (Å²) in [5, 5.41) is 2.68. The van der Waals surface area contributed by atoms with E-state index in [-0.39, 0.29) is 29.5 Å². The summed E-state index contributed by atoms with van der Waals surface area (Å²) in [7, 11) is 1.34. The number of ether oxygens (including phenoxy) is 3. The highest BCUT2D eigenvalue weighted by Gasteiger charge is 2.50. The average Bonchev–Trinajstić information content (AvgIpc) is 3.19. The van der Waals surface area contributed by atoms with E-state index >= 15 is 0 Å². The fraction of sp³-hybridized carbons (Fsp3) is 0.645. The number of amides is 2. The van der Waals surface area contributed by atoms with E-state index in [0.717, 1.165) is 12.8 Å². The molecule has 0 radical (unpaired) electrons. The summed E-state index contributed by atoms with van der Waals surface area (Å²) < 4.78 is 16.2. The van der Waals surface area contributed by atoms with Crippen LogP contribution in [0.1, 0.15) is 79.2 Å². The van der Waals surface area contributed by atoms with Crippen LogP contribution in [0.2, 0.25) is 0 Å². The molecule has 39 heavy (non-hydrogen) atoms. The third-order valence-electron chi connectivity index (χ3n) is 7.32. The van der Waals surface area contributed by atoms with Gasteiger partial charge in [0.15, 0.2) is 0 Å². The molecular formula is C31H44N2O6. The zero-order valence-corrected chi connectivity index (χ0v) is 24.6. The lowest BCUT2D eigenvalue weighted by molar-refractivity contribution is -0.157. The van der Waals surface area contributed by atoms with Gasteiger partial charge >= 0.3 is 18.2 Å². The molecule has 1 aliphatic heterocycles. The standard InChI is InChI=1S/C24H38N2O6.C7H6/c1-9-15-13-16-18(26(15)22(29)30-8)11-10-12-19(16)31-20(27)17(14-23(2,3)4)25-21(28)32-24(5,6)7;1-5-4-6-2-3-7(5)6/h1,15-19H,10-14H2,2-8H3,(H,25,28);2-4H,1H3/t15?,16-,17?,18-,19+;/m1./s1. The highest BCUT2D eigenvalue weighted by Crippen LogP contribution is 2.41. The average molecular weight is 541 g/mol. The molecule has 2 amide bonds. The summed E-state index contributed by atoms with van der Waals surface area (Å²) in [6, 6.07) is 5.14. The minimum Gasteiger partial charge on any atom is -0.460 e. The third kappa shape index (κ3) is 7.68. The molecule has 3 aliphatic carbocycles. The maximum Gasteiger partial charge on any atom is 0.410 e. The van der Waals surface area contributed by atoms with Crippen LogP contribution in [0.5, 0.6) is 0 Å². The summed E-state index contributed by atoms with van der Waals surface area (Å²) in [6.45, 7) is 13.4. The summed E-state index contributed by atoms with van der Waals surface area (Å²) in [6.07, 6.45) is 7.40. The Bertz CT molecular complexity index is 1110. The first-order valence-electron chi connectivity index (χ1n) is 13.8. The zero-order valence-electron chi connectivity index (χ0n) is 24.6. The number of benzene rings is 1. The Hall–Kier alpha value is -3.21. The smallest absolute Gasteiger partial charge is 0.410 e. The molecule has 214 valence electrons. The number of esters is 1. The van der Waals surface area contributed by atoms with Crippen molar-refractivity contribution < 1.29 is 28.6 Å². The quantitative estimate of drug-likeness (QED) is 0.297. The fourth-order valence-corrected chi connectivity index (χ4v) is 5.59. The second-order valence-electron chi connectivity index (χ2n) is 12.9. The predicted octanol–water partition coefficient (Wildman–Crippen LogP) is 5.85. The van der Waals surface area contributed by atoms with Crippen LogP contribution in [-0.4, -0.2) is 60.0 Å². The van der Waals surface area contributed by atoms with E-state index in [4.69, 9.17) is 20.6 Å². The van der Waals surface area contributed by atoms with Crippen LogP contribution < -0.4 is 5.32 Å². The van der Waals surface area contributed by atoms with Gasteiger partial charge < -0.3 is 19.5 Å². The lowest BCUT2D eigenvalue weighted by Crippen LogP contribution is -2.49. The third-order valence-corrected chi connectivity index (χ3v) is 7.32. The van der Waals surface area contributed by atoms with E-state index in [1.54, 1.807) is 25.7 Å². The van der Waals surface area contributed by atoms with Crippen LogP contribution in [0, 0.1) is 30.6 Å². The Morgan fingerprint density at radius 2 is 1.85 bits per heavy atom. The second-order valence-corrected chi connectivity index (χ2v) is 12.9. The SMILES string of the molecule is C#CC1C[C@H]2[C@@H](OC(=O)C(CC(C)(C)C)NC(=O)OC(C)(C)C)CCC[C@H]2N1C(=O)OC.Cc1cc2ccc1-2. The van der Waals surface area contributed by atoms with E-state index in [1.807, 2.05) is 20.8 Å². The Kier molecular flexibility index (Phi) is 9.25. The van der Waals surface area contributed by atoms with E-state index in [1.165, 1.54) is 23.8 Å². The number of rotatable bonds is 4. The first kappa shape index (κ1) is 30.3. The molecule has 2 fully saturated rings. The van der Waals surface area contributed by atoms with Crippen molar-refractivity contribution in [1.29, 1.82) is 0 Å². The van der Waals surface area contributed by atoms with Crippen molar-refractivity contribution in [2.75, 3.05) is 7.11 Å². The van der Waals surface area contributed by atoms with Crippen LogP contribution in [0.25, 0.3) is 11.1 Å². The molecule has 1 saturated heterocycles. The number of nitrogens with one attached hydrogen (secondary N) is 1. The molecule has 0 bridgehead atoms. The molecule has 4 rings (SSSR count). The van der Waals surface area contributed by atoms with Crippen LogP contribution in [-0.2, 0) is 19.0 Å². The number of terminal acetylenes is 1. The molecule has 1 saturated carbocycles. The van der Waals surface area contributed by atoms with Gasteiger partial charge in [-0.2, -0.15) is 0 Å². The molecule has 0 aromatic heterocycles. The van der Waals surface area contributed by atoms with E-state index in [0.29, 0.717) is 19.3 Å². The summed E-state index contributed by atoms with van der Waals surface area (Å²) in [4.78, 5) is 39.4. The van der Waals surface area contributed by atoms with Crippen molar-refractivity contribution in [2.45, 2.75) is 110 Å². The van der Waals surface area contributed by atoms with Gasteiger partial charge in [0.2, 0.25) is 0 Å². The van der Waals surface area contributed by atoms with E-state index in [9.17, 15) is 14.4 Å². The molecule has 8 nitrogen and oxygen atoms in total. The van der Waals surface area contributed by atoms with Gasteiger partial charge in [-0.05, 0) is 81.9 Å². The van der Waals surface area contributed by atoms with Crippen LogP contribution in [0.3, 0.4) is 0 Å². The number of methoxy groups -OCH3 is 1. The number of carbonyl (C=O) groups excluding carboxylic acids is 3. The molecular weight excluding hydrogens is 496 g/mol. The summed E-state index contributed by atoms with van der Waals surface area (Å²) in [5.41, 5.74) is 3.45. The number of aryl methyl sites for hydroxylation is 1. The summed E-state index contributed by atoms with van der Waals surface area (Å²) in [5.74, 6) is 2.11. The van der Waals surface area contributed by atoms with Gasteiger partial charge in [0.1, 0.15) is 17.7 Å². The van der Waals surface area contributed by atoms with Crippen LogP contribution in [0.15, 0.2) is 18.2 Å². The number of likely N-dealkylation sites (tertiary alicyclic amines) is 1. The minimum atomic E-state index is -0.841. The van der Waals surface area contributed by atoms with Crippen molar-refractivity contribution in [3.63, 3.8) is 0 Å². The van der Waals surface area contributed by atoms with Gasteiger partial charge in [-0.25, -0.2) is 14.4 Å². The molecule has 8 heteroatoms. The highest BCUT2D eigenvalue weighted by atomic mass is 16.6. The molecule has 5 atom stereocenters. The zero-order chi connectivity index (χ0) is 29.1. The fourth-order valence-electron chi connectivity index (χ4n) is 5.59. The maximum absolute atomic E-state index is 13.2. The van der Waals surface area contributed by atoms with Gasteiger partial charge in [0.25, 0.3) is 0 Å². The van der Waals surface area contributed by atoms with Gasteiger partial charge in [-0.3, -0.25) is 4.90 Å². The first-order chi connectivity index (χ1) is 18.1. The molecule has 1 N–H and O–H groups in total. The predicted molar refractivity (Wildman–Crippen MR) is 150 cm³/mol. The minimum absolute atomic E-state index is 0.0651. The molecule has 2 unspecified atom stereocenters. The number of nitrogens with zero attached hydrogens (tertiary/aromatic N) is 1. The van der Waals surface area contributed by atoms with Crippen LogP contribution >= 0.6 is 0 Å². The van der Waals surface area contributed by atoms with Gasteiger partial charge in [0.05, 0.1) is 13.2 Å². The first-order valence-corrected chi connectivity index (χ1v) is 13.8. The topological polar surface area (TPSA) is 94.2 Å². The number of fused-ring (bicyclic) bond motifs is 2. The Morgan fingerprint density at radius 3 is 2.28 bits per heavy atom. The van der Waals surface area contributed by atoms with E-state index in [2.05, 4.69) is 36.4 Å². The van der Waals surface area contributed by atoms with Gasteiger partial charge in [0, 0.05) is 12.0 Å². The molecule has 0 aromatic rings. The van der Waals surface area contributed by atoms with Crippen molar-refractivity contribution in [1.82, 2.24) is 10.2 Å². The van der Waals surface area contributed by atoms with Gasteiger partial charge in [-0.15, -0.1) is 6.42 Å². The number of hydrogen-bond donors (Lipinski definition) is 1. The number of hydrogen-bond acceptors (Lipinski definition) is 6. The van der Waals surface area contributed by atoms with E-state index < -0.39 is 29.8 Å². The Balaban J connectivity index is 0.000000509. The Labute approximate surface area is 233 Å². The molecule has 0 spiro atoms. The van der Waals surface area contributed by atoms with Gasteiger partial charge in [-0.1, -0.05) is 44.9 Å². The number of alkyl carbamates (subject to hydrolysis) is 1. The molecule has 4 aliphatic rings. The van der Waals surface area contributed by atoms with Crippen molar-refractivity contribution >= 4 is 18.2 Å². The molecule has 0 aromatic carbocycles. The monoisotopic (exact) mass is 540 g/mol. The lowest BCUT2D eigenvalue weighted by atomic mass is 9.82. The van der Waals surface area contributed by atoms with Crippen molar-refractivity contribution in [3.8, 4) is 23.5 Å². The normalized spacial score (nSPS) is 23.7. The second kappa shape index (κ2) is 11.9. The largest absolute Gasteiger partial charge is 0.460 e. The Morgan fingerprint density at radius 1 is 1.15 bits per heavy atom. The van der Waals surface area contributed by atoms with Crippen molar-refractivity contribution in [2.24, 2.45) is 11.3 Å². The highest BCUT2D eigenvalue weighted by molar-refractivity contribution is 5.82. The number of carbonyl (C=O) groups is 3. The van der Waals surface area contributed by atoms with Crippen molar-refractivity contribution in [3.05, 3.63) is 23.8 Å².